The van der Waals surface area contributed by atoms with E-state index in [1.807, 2.05) is 30.5 Å². The second kappa shape index (κ2) is 6.54. The Morgan fingerprint density at radius 2 is 1.85 bits per heavy atom. The van der Waals surface area contributed by atoms with Gasteiger partial charge in [-0.15, -0.1) is 11.8 Å². The molecular weight excluding hydrogens is 296 g/mol. The van der Waals surface area contributed by atoms with Crippen LogP contribution in [-0.4, -0.2) is 17.3 Å². The van der Waals surface area contributed by atoms with E-state index in [1.54, 1.807) is 30.0 Å². The molecule has 0 saturated carbocycles. The average molecular weight is 309 g/mol. The Balaban J connectivity index is 2.19. The maximum atomic E-state index is 8.64. The van der Waals surface area contributed by atoms with Gasteiger partial charge in [0, 0.05) is 16.5 Å². The number of ether oxygens (including phenoxy) is 1. The maximum Gasteiger partial charge on any atom is 0.171 e. The monoisotopic (exact) mass is 308 g/mol. The van der Waals surface area contributed by atoms with Crippen molar-refractivity contribution in [3.05, 3.63) is 53.1 Å². The van der Waals surface area contributed by atoms with E-state index in [9.17, 15) is 0 Å². The molecule has 2 aromatic rings. The van der Waals surface area contributed by atoms with Crippen LogP contribution in [0.15, 0.2) is 52.5 Å². The zero-order valence-electron chi connectivity index (χ0n) is 10.7. The molecule has 0 aliphatic carbocycles. The van der Waals surface area contributed by atoms with Crippen LogP contribution in [0.4, 0.5) is 0 Å². The summed E-state index contributed by atoms with van der Waals surface area (Å²) < 4.78 is 5.69. The van der Waals surface area contributed by atoms with Crippen molar-refractivity contribution >= 4 is 29.2 Å². The standard InChI is InChI=1S/C14H13ClN2O2S/c1-20-11-5-2-9(3-6-11)19-10-4-7-12(13(15)8-10)14(16)17-18/h2-8,18H,1H3,(H2,16,17). The summed E-state index contributed by atoms with van der Waals surface area (Å²) in [6.07, 6.45) is 2.02. The maximum absolute atomic E-state index is 8.64. The van der Waals surface area contributed by atoms with E-state index in [0.29, 0.717) is 16.3 Å². The third-order valence-corrected chi connectivity index (χ3v) is 3.68. The van der Waals surface area contributed by atoms with Gasteiger partial charge in [-0.1, -0.05) is 16.8 Å². The van der Waals surface area contributed by atoms with E-state index in [4.69, 9.17) is 27.3 Å². The highest BCUT2D eigenvalue weighted by atomic mass is 35.5. The number of thioether (sulfide) groups is 1. The summed E-state index contributed by atoms with van der Waals surface area (Å²) in [7, 11) is 0. The lowest BCUT2D eigenvalue weighted by molar-refractivity contribution is 0.318. The first-order valence-electron chi connectivity index (χ1n) is 5.73. The zero-order valence-corrected chi connectivity index (χ0v) is 12.3. The van der Waals surface area contributed by atoms with Crippen molar-refractivity contribution in [2.75, 3.05) is 6.26 Å². The molecule has 0 amide bonds. The smallest absolute Gasteiger partial charge is 0.171 e. The van der Waals surface area contributed by atoms with E-state index in [1.165, 1.54) is 0 Å². The molecule has 0 aromatic heterocycles. The summed E-state index contributed by atoms with van der Waals surface area (Å²) >= 11 is 7.73. The molecule has 0 bridgehead atoms. The first-order chi connectivity index (χ1) is 9.63. The van der Waals surface area contributed by atoms with Gasteiger partial charge in [-0.05, 0) is 42.7 Å². The number of rotatable bonds is 4. The molecule has 0 spiro atoms. The number of oxime groups is 1. The van der Waals surface area contributed by atoms with E-state index < -0.39 is 0 Å². The molecule has 3 N–H and O–H groups in total. The van der Waals surface area contributed by atoms with Crippen molar-refractivity contribution < 1.29 is 9.94 Å². The van der Waals surface area contributed by atoms with Gasteiger partial charge in [-0.25, -0.2) is 0 Å². The molecule has 0 saturated heterocycles. The van der Waals surface area contributed by atoms with Crippen molar-refractivity contribution in [2.24, 2.45) is 10.9 Å². The molecule has 0 atom stereocenters. The highest BCUT2D eigenvalue weighted by Gasteiger charge is 2.07. The zero-order chi connectivity index (χ0) is 14.5. The third kappa shape index (κ3) is 3.37. The van der Waals surface area contributed by atoms with Crippen LogP contribution >= 0.6 is 23.4 Å². The summed E-state index contributed by atoms with van der Waals surface area (Å²) in [5.74, 6) is 1.27. The van der Waals surface area contributed by atoms with Gasteiger partial charge in [0.15, 0.2) is 5.84 Å². The Morgan fingerprint density at radius 1 is 1.20 bits per heavy atom. The number of nitrogens with two attached hydrogens (primary N) is 1. The number of nitrogens with zero attached hydrogens (tertiary/aromatic N) is 1. The highest BCUT2D eigenvalue weighted by Crippen LogP contribution is 2.28. The lowest BCUT2D eigenvalue weighted by Crippen LogP contribution is -2.13. The van der Waals surface area contributed by atoms with Gasteiger partial charge >= 0.3 is 0 Å². The molecule has 6 heteroatoms. The molecule has 0 aliphatic rings. The van der Waals surface area contributed by atoms with Crippen LogP contribution in [0.25, 0.3) is 0 Å². The SMILES string of the molecule is CSc1ccc(Oc2ccc(C(N)=NO)c(Cl)c2)cc1. The molecule has 0 unspecified atom stereocenters. The number of hydrogen-bond acceptors (Lipinski definition) is 4. The predicted molar refractivity (Wildman–Crippen MR) is 82.3 cm³/mol. The van der Waals surface area contributed by atoms with Crippen molar-refractivity contribution in [3.8, 4) is 11.5 Å². The van der Waals surface area contributed by atoms with Gasteiger partial charge in [0.1, 0.15) is 11.5 Å². The molecule has 0 radical (unpaired) electrons. The Kier molecular flexibility index (Phi) is 4.76. The number of amidine groups is 1. The molecule has 2 aromatic carbocycles. The van der Waals surface area contributed by atoms with Crippen LogP contribution in [0, 0.1) is 0 Å². The number of halogens is 1. The number of hydrogen-bond donors (Lipinski definition) is 2. The highest BCUT2D eigenvalue weighted by molar-refractivity contribution is 7.98. The second-order valence-corrected chi connectivity index (χ2v) is 5.19. The van der Waals surface area contributed by atoms with Gasteiger partial charge in [0.2, 0.25) is 0 Å². The minimum Gasteiger partial charge on any atom is -0.457 e. The van der Waals surface area contributed by atoms with Crippen LogP contribution < -0.4 is 10.5 Å². The van der Waals surface area contributed by atoms with E-state index in [-0.39, 0.29) is 5.84 Å². The van der Waals surface area contributed by atoms with E-state index in [2.05, 4.69) is 5.16 Å². The van der Waals surface area contributed by atoms with Crippen molar-refractivity contribution in [2.45, 2.75) is 4.90 Å². The van der Waals surface area contributed by atoms with Crippen LogP contribution in [0.2, 0.25) is 5.02 Å². The molecular formula is C14H13ClN2O2S. The lowest BCUT2D eigenvalue weighted by Gasteiger charge is -2.08. The molecule has 2 rings (SSSR count). The fourth-order valence-corrected chi connectivity index (χ4v) is 2.28. The van der Waals surface area contributed by atoms with Crippen LogP contribution in [0.3, 0.4) is 0 Å². The Hall–Kier alpha value is -1.85. The molecule has 0 fully saturated rings. The van der Waals surface area contributed by atoms with Gasteiger partial charge < -0.3 is 15.7 Å². The average Bonchev–Trinajstić information content (AvgIpc) is 2.47. The second-order valence-electron chi connectivity index (χ2n) is 3.90. The van der Waals surface area contributed by atoms with Crippen LogP contribution in [0.5, 0.6) is 11.5 Å². The van der Waals surface area contributed by atoms with Crippen molar-refractivity contribution in [3.63, 3.8) is 0 Å². The van der Waals surface area contributed by atoms with Gasteiger partial charge in [0.25, 0.3) is 0 Å². The molecule has 0 heterocycles. The summed E-state index contributed by atoms with van der Waals surface area (Å²) in [5, 5.41) is 11.9. The predicted octanol–water partition coefficient (Wildman–Crippen LogP) is 3.95. The molecule has 104 valence electrons. The first kappa shape index (κ1) is 14.6. The van der Waals surface area contributed by atoms with Crippen molar-refractivity contribution in [1.29, 1.82) is 0 Å². The van der Waals surface area contributed by atoms with Crippen LogP contribution in [-0.2, 0) is 0 Å². The quantitative estimate of drug-likeness (QED) is 0.295. The van der Waals surface area contributed by atoms with Gasteiger partial charge in [0.05, 0.1) is 5.02 Å². The topological polar surface area (TPSA) is 67.8 Å². The Labute approximate surface area is 126 Å². The normalized spacial score (nSPS) is 11.4. The molecule has 4 nitrogen and oxygen atoms in total. The minimum atomic E-state index is -0.0362. The van der Waals surface area contributed by atoms with Crippen molar-refractivity contribution in [1.82, 2.24) is 0 Å². The molecule has 20 heavy (non-hydrogen) atoms. The lowest BCUT2D eigenvalue weighted by atomic mass is 10.2. The number of benzene rings is 2. The Bertz CT molecular complexity index is 630. The summed E-state index contributed by atoms with van der Waals surface area (Å²) in [4.78, 5) is 1.16. The summed E-state index contributed by atoms with van der Waals surface area (Å²) in [5.41, 5.74) is 5.96. The largest absolute Gasteiger partial charge is 0.457 e. The molecule has 0 aliphatic heterocycles. The Morgan fingerprint density at radius 3 is 2.40 bits per heavy atom. The van der Waals surface area contributed by atoms with Gasteiger partial charge in [-0.2, -0.15) is 0 Å². The summed E-state index contributed by atoms with van der Waals surface area (Å²) in [6, 6.07) is 12.7. The fourth-order valence-electron chi connectivity index (χ4n) is 1.60. The van der Waals surface area contributed by atoms with E-state index in [0.717, 1.165) is 10.6 Å². The van der Waals surface area contributed by atoms with Gasteiger partial charge in [-0.3, -0.25) is 0 Å². The fraction of sp³-hybridized carbons (Fsp3) is 0.0714. The third-order valence-electron chi connectivity index (χ3n) is 2.62. The van der Waals surface area contributed by atoms with E-state index >= 15 is 0 Å². The minimum absolute atomic E-state index is 0.0362. The first-order valence-corrected chi connectivity index (χ1v) is 7.33. The summed E-state index contributed by atoms with van der Waals surface area (Å²) in [6.45, 7) is 0. The van der Waals surface area contributed by atoms with Crippen LogP contribution in [0.1, 0.15) is 5.56 Å².